The lowest BCUT2D eigenvalue weighted by Gasteiger charge is -2.31. The minimum Gasteiger partial charge on any atom is -0.462 e. The number of hydrogen-bond donors (Lipinski definition) is 1. The van der Waals surface area contributed by atoms with E-state index < -0.39 is 0 Å². The van der Waals surface area contributed by atoms with Crippen LogP contribution in [0.25, 0.3) is 0 Å². The molecule has 1 saturated heterocycles. The fourth-order valence-electron chi connectivity index (χ4n) is 2.98. The molecule has 0 aliphatic carbocycles. The average Bonchev–Trinajstić information content (AvgIpc) is 2.61. The van der Waals surface area contributed by atoms with Crippen molar-refractivity contribution < 1.29 is 14.3 Å². The van der Waals surface area contributed by atoms with Crippen LogP contribution in [0, 0.1) is 5.92 Å². The zero-order chi connectivity index (χ0) is 18.2. The number of amides is 1. The first-order valence-electron chi connectivity index (χ1n) is 9.27. The van der Waals surface area contributed by atoms with Crippen LogP contribution in [0.4, 0.5) is 5.69 Å². The molecule has 138 valence electrons. The number of benzene rings is 1. The summed E-state index contributed by atoms with van der Waals surface area (Å²) in [7, 11) is 0. The number of anilines is 1. The van der Waals surface area contributed by atoms with Crippen molar-refractivity contribution in [3.8, 4) is 0 Å². The van der Waals surface area contributed by atoms with Gasteiger partial charge in [0.15, 0.2) is 0 Å². The molecule has 0 bridgehead atoms. The second-order valence-corrected chi connectivity index (χ2v) is 7.27. The number of carbonyl (C=O) groups excluding carboxylic acids is 2. The number of nitrogens with one attached hydrogen (secondary N) is 1. The highest BCUT2D eigenvalue weighted by Crippen LogP contribution is 2.16. The third-order valence-corrected chi connectivity index (χ3v) is 4.45. The van der Waals surface area contributed by atoms with Gasteiger partial charge in [-0.25, -0.2) is 4.79 Å². The maximum atomic E-state index is 12.2. The third kappa shape index (κ3) is 6.50. The van der Waals surface area contributed by atoms with Crippen LogP contribution < -0.4 is 5.32 Å². The number of piperidine rings is 1. The SMILES string of the molecule is CC(C)COC(=O)c1ccc(NC(=O)CC(C)N2CCCCC2)cc1. The van der Waals surface area contributed by atoms with Crippen molar-refractivity contribution >= 4 is 17.6 Å². The Balaban J connectivity index is 1.81. The van der Waals surface area contributed by atoms with E-state index in [1.54, 1.807) is 24.3 Å². The van der Waals surface area contributed by atoms with Gasteiger partial charge in [-0.2, -0.15) is 0 Å². The highest BCUT2D eigenvalue weighted by molar-refractivity contribution is 5.93. The molecule has 2 rings (SSSR count). The van der Waals surface area contributed by atoms with Crippen LogP contribution in [0.15, 0.2) is 24.3 Å². The predicted molar refractivity (Wildman–Crippen MR) is 99.7 cm³/mol. The van der Waals surface area contributed by atoms with Gasteiger partial charge in [-0.3, -0.25) is 4.79 Å². The predicted octanol–water partition coefficient (Wildman–Crippen LogP) is 3.70. The second-order valence-electron chi connectivity index (χ2n) is 7.27. The van der Waals surface area contributed by atoms with Gasteiger partial charge in [0.2, 0.25) is 5.91 Å². The molecule has 1 aliphatic rings. The molecule has 1 fully saturated rings. The summed E-state index contributed by atoms with van der Waals surface area (Å²) in [6.07, 6.45) is 4.22. The second kappa shape index (κ2) is 9.56. The largest absolute Gasteiger partial charge is 0.462 e. The highest BCUT2D eigenvalue weighted by Gasteiger charge is 2.19. The van der Waals surface area contributed by atoms with Crippen molar-refractivity contribution in [3.63, 3.8) is 0 Å². The van der Waals surface area contributed by atoms with Crippen LogP contribution >= 0.6 is 0 Å². The van der Waals surface area contributed by atoms with E-state index in [4.69, 9.17) is 4.74 Å². The Kier molecular flexibility index (Phi) is 7.44. The summed E-state index contributed by atoms with van der Waals surface area (Å²) in [5.41, 5.74) is 1.21. The lowest BCUT2D eigenvalue weighted by molar-refractivity contribution is -0.117. The van der Waals surface area contributed by atoms with Gasteiger partial charge in [-0.1, -0.05) is 20.3 Å². The van der Waals surface area contributed by atoms with E-state index in [1.165, 1.54) is 19.3 Å². The van der Waals surface area contributed by atoms with Gasteiger partial charge in [0, 0.05) is 18.2 Å². The maximum Gasteiger partial charge on any atom is 0.338 e. The summed E-state index contributed by atoms with van der Waals surface area (Å²) in [5, 5.41) is 2.91. The molecule has 1 aromatic carbocycles. The van der Waals surface area contributed by atoms with Crippen LogP contribution in [-0.2, 0) is 9.53 Å². The Morgan fingerprint density at radius 1 is 1.08 bits per heavy atom. The van der Waals surface area contributed by atoms with Crippen molar-refractivity contribution in [2.45, 2.75) is 52.5 Å². The van der Waals surface area contributed by atoms with Crippen molar-refractivity contribution in [2.75, 3.05) is 25.0 Å². The molecule has 0 radical (unpaired) electrons. The molecule has 0 spiro atoms. The number of esters is 1. The number of rotatable bonds is 7. The molecule has 1 N–H and O–H groups in total. The number of likely N-dealkylation sites (tertiary alicyclic amines) is 1. The van der Waals surface area contributed by atoms with Crippen LogP contribution in [0.3, 0.4) is 0 Å². The van der Waals surface area contributed by atoms with Crippen LogP contribution in [0.1, 0.15) is 56.8 Å². The van der Waals surface area contributed by atoms with Gasteiger partial charge in [0.05, 0.1) is 12.2 Å². The zero-order valence-corrected chi connectivity index (χ0v) is 15.6. The van der Waals surface area contributed by atoms with Crippen LogP contribution in [0.5, 0.6) is 0 Å². The molecule has 1 aromatic rings. The van der Waals surface area contributed by atoms with Gasteiger partial charge in [-0.15, -0.1) is 0 Å². The van der Waals surface area contributed by atoms with E-state index in [1.807, 2.05) is 13.8 Å². The molecular formula is C20H30N2O3. The van der Waals surface area contributed by atoms with E-state index in [-0.39, 0.29) is 17.9 Å². The molecule has 1 aliphatic heterocycles. The molecule has 25 heavy (non-hydrogen) atoms. The lowest BCUT2D eigenvalue weighted by Crippen LogP contribution is -2.39. The van der Waals surface area contributed by atoms with Crippen molar-refractivity contribution in [2.24, 2.45) is 5.92 Å². The summed E-state index contributed by atoms with van der Waals surface area (Å²) in [6, 6.07) is 7.12. The molecule has 1 heterocycles. The van der Waals surface area contributed by atoms with Crippen molar-refractivity contribution in [1.29, 1.82) is 0 Å². The van der Waals surface area contributed by atoms with E-state index in [0.29, 0.717) is 30.2 Å². The molecule has 1 unspecified atom stereocenters. The Hall–Kier alpha value is -1.88. The molecule has 5 nitrogen and oxygen atoms in total. The Morgan fingerprint density at radius 2 is 1.72 bits per heavy atom. The summed E-state index contributed by atoms with van der Waals surface area (Å²) in [4.78, 5) is 26.5. The van der Waals surface area contributed by atoms with Gasteiger partial charge < -0.3 is 15.0 Å². The number of hydrogen-bond acceptors (Lipinski definition) is 4. The first kappa shape index (κ1) is 19.4. The van der Waals surface area contributed by atoms with Crippen molar-refractivity contribution in [1.82, 2.24) is 4.90 Å². The molecule has 0 aromatic heterocycles. The summed E-state index contributed by atoms with van der Waals surface area (Å²) >= 11 is 0. The number of carbonyl (C=O) groups is 2. The standard InChI is InChI=1S/C20H30N2O3/c1-15(2)14-25-20(24)17-7-9-18(10-8-17)21-19(23)13-16(3)22-11-5-4-6-12-22/h7-10,15-16H,4-6,11-14H2,1-3H3,(H,21,23). The molecule has 0 saturated carbocycles. The molecular weight excluding hydrogens is 316 g/mol. The van der Waals surface area contributed by atoms with Crippen LogP contribution in [0.2, 0.25) is 0 Å². The first-order valence-corrected chi connectivity index (χ1v) is 9.27. The zero-order valence-electron chi connectivity index (χ0n) is 15.6. The summed E-state index contributed by atoms with van der Waals surface area (Å²) < 4.78 is 5.20. The number of ether oxygens (including phenoxy) is 1. The average molecular weight is 346 g/mol. The number of nitrogens with zero attached hydrogens (tertiary/aromatic N) is 1. The van der Waals surface area contributed by atoms with E-state index in [2.05, 4.69) is 17.1 Å². The maximum absolute atomic E-state index is 12.2. The van der Waals surface area contributed by atoms with Gasteiger partial charge in [0.1, 0.15) is 0 Å². The fourth-order valence-corrected chi connectivity index (χ4v) is 2.98. The van der Waals surface area contributed by atoms with E-state index in [9.17, 15) is 9.59 Å². The summed E-state index contributed by atoms with van der Waals surface area (Å²) in [6.45, 7) is 8.68. The first-order chi connectivity index (χ1) is 12.0. The minimum absolute atomic E-state index is 0.00760. The van der Waals surface area contributed by atoms with Crippen LogP contribution in [-0.4, -0.2) is 42.5 Å². The highest BCUT2D eigenvalue weighted by atomic mass is 16.5. The topological polar surface area (TPSA) is 58.6 Å². The third-order valence-electron chi connectivity index (χ3n) is 4.45. The van der Waals surface area contributed by atoms with E-state index in [0.717, 1.165) is 13.1 Å². The molecule has 1 atom stereocenters. The summed E-state index contributed by atoms with van der Waals surface area (Å²) in [5.74, 6) is -0.0112. The van der Waals surface area contributed by atoms with E-state index >= 15 is 0 Å². The Bertz CT molecular complexity index is 563. The fraction of sp³-hybridized carbons (Fsp3) is 0.600. The van der Waals surface area contributed by atoms with Gasteiger partial charge in [-0.05, 0) is 63.0 Å². The lowest BCUT2D eigenvalue weighted by atomic mass is 10.1. The molecule has 5 heteroatoms. The van der Waals surface area contributed by atoms with Gasteiger partial charge >= 0.3 is 5.97 Å². The Labute approximate surface area is 150 Å². The Morgan fingerprint density at radius 3 is 2.32 bits per heavy atom. The quantitative estimate of drug-likeness (QED) is 0.765. The smallest absolute Gasteiger partial charge is 0.338 e. The monoisotopic (exact) mass is 346 g/mol. The van der Waals surface area contributed by atoms with Gasteiger partial charge in [0.25, 0.3) is 0 Å². The van der Waals surface area contributed by atoms with Crippen molar-refractivity contribution in [3.05, 3.63) is 29.8 Å². The molecule has 1 amide bonds. The normalized spacial score (nSPS) is 16.5. The minimum atomic E-state index is -0.328.